The smallest absolute Gasteiger partial charge is 0.0345 e. The summed E-state index contributed by atoms with van der Waals surface area (Å²) in [6, 6.07) is 7.29. The summed E-state index contributed by atoms with van der Waals surface area (Å²) >= 11 is 0. The van der Waals surface area contributed by atoms with Crippen molar-refractivity contribution < 1.29 is 0 Å². The molecule has 1 unspecified atom stereocenters. The SMILES string of the molecule is CNCCCC(c1cc(C)ccc1C)N(C)C. The van der Waals surface area contributed by atoms with Gasteiger partial charge in [0.05, 0.1) is 0 Å². The molecule has 2 heteroatoms. The average molecular weight is 234 g/mol. The van der Waals surface area contributed by atoms with Gasteiger partial charge in [0.25, 0.3) is 0 Å². The highest BCUT2D eigenvalue weighted by Gasteiger charge is 2.15. The molecule has 0 heterocycles. The van der Waals surface area contributed by atoms with Gasteiger partial charge in [-0.2, -0.15) is 0 Å². The van der Waals surface area contributed by atoms with Gasteiger partial charge >= 0.3 is 0 Å². The number of rotatable bonds is 6. The molecule has 0 aliphatic rings. The van der Waals surface area contributed by atoms with Crippen molar-refractivity contribution in [3.63, 3.8) is 0 Å². The molecule has 0 aliphatic heterocycles. The Balaban J connectivity index is 2.85. The molecule has 0 bridgehead atoms. The lowest BCUT2D eigenvalue weighted by molar-refractivity contribution is 0.278. The minimum Gasteiger partial charge on any atom is -0.320 e. The molecular weight excluding hydrogens is 208 g/mol. The van der Waals surface area contributed by atoms with E-state index < -0.39 is 0 Å². The van der Waals surface area contributed by atoms with E-state index in [1.54, 1.807) is 0 Å². The number of nitrogens with one attached hydrogen (secondary N) is 1. The van der Waals surface area contributed by atoms with Crippen LogP contribution in [0.1, 0.15) is 35.6 Å². The first kappa shape index (κ1) is 14.2. The van der Waals surface area contributed by atoms with Gasteiger partial charge in [-0.25, -0.2) is 0 Å². The van der Waals surface area contributed by atoms with Crippen molar-refractivity contribution >= 4 is 0 Å². The Hall–Kier alpha value is -0.860. The minimum atomic E-state index is 0.531. The molecule has 2 nitrogen and oxygen atoms in total. The fraction of sp³-hybridized carbons (Fsp3) is 0.600. The van der Waals surface area contributed by atoms with Crippen LogP contribution >= 0.6 is 0 Å². The molecule has 96 valence electrons. The highest BCUT2D eigenvalue weighted by molar-refractivity contribution is 5.33. The Morgan fingerprint density at radius 3 is 2.53 bits per heavy atom. The zero-order valence-corrected chi connectivity index (χ0v) is 11.9. The van der Waals surface area contributed by atoms with E-state index in [0.717, 1.165) is 6.54 Å². The molecule has 17 heavy (non-hydrogen) atoms. The Kier molecular flexibility index (Phi) is 5.66. The standard InChI is InChI=1S/C15H26N2/c1-12-8-9-13(2)14(11-12)15(17(4)5)7-6-10-16-3/h8-9,11,15-16H,6-7,10H2,1-5H3. The molecule has 0 amide bonds. The van der Waals surface area contributed by atoms with Gasteiger partial charge in [-0.05, 0) is 65.5 Å². The third kappa shape index (κ3) is 4.14. The molecular formula is C15H26N2. The molecule has 0 saturated carbocycles. The van der Waals surface area contributed by atoms with Crippen LogP contribution in [0.25, 0.3) is 0 Å². The van der Waals surface area contributed by atoms with E-state index in [-0.39, 0.29) is 0 Å². The number of aryl methyl sites for hydroxylation is 2. The maximum atomic E-state index is 3.22. The highest BCUT2D eigenvalue weighted by atomic mass is 15.1. The van der Waals surface area contributed by atoms with Crippen molar-refractivity contribution in [1.82, 2.24) is 10.2 Å². The number of nitrogens with zero attached hydrogens (tertiary/aromatic N) is 1. The normalized spacial score (nSPS) is 13.1. The summed E-state index contributed by atoms with van der Waals surface area (Å²) < 4.78 is 0. The van der Waals surface area contributed by atoms with E-state index in [9.17, 15) is 0 Å². The second-order valence-electron chi connectivity index (χ2n) is 5.09. The van der Waals surface area contributed by atoms with Crippen LogP contribution in [0.5, 0.6) is 0 Å². The van der Waals surface area contributed by atoms with Gasteiger partial charge in [0, 0.05) is 6.04 Å². The van der Waals surface area contributed by atoms with E-state index in [2.05, 4.69) is 56.4 Å². The van der Waals surface area contributed by atoms with E-state index in [0.29, 0.717) is 6.04 Å². The largest absolute Gasteiger partial charge is 0.320 e. The molecule has 0 spiro atoms. The van der Waals surface area contributed by atoms with E-state index in [1.165, 1.54) is 29.5 Å². The van der Waals surface area contributed by atoms with Gasteiger partial charge in [-0.15, -0.1) is 0 Å². The summed E-state index contributed by atoms with van der Waals surface area (Å²) in [4.78, 5) is 2.33. The van der Waals surface area contributed by atoms with Crippen molar-refractivity contribution in [2.24, 2.45) is 0 Å². The molecule has 0 fully saturated rings. The third-order valence-corrected chi connectivity index (χ3v) is 3.32. The van der Waals surface area contributed by atoms with Crippen LogP contribution in [0.2, 0.25) is 0 Å². The van der Waals surface area contributed by atoms with Crippen LogP contribution < -0.4 is 5.32 Å². The van der Waals surface area contributed by atoms with E-state index in [4.69, 9.17) is 0 Å². The first-order valence-electron chi connectivity index (χ1n) is 6.44. The topological polar surface area (TPSA) is 15.3 Å². The summed E-state index contributed by atoms with van der Waals surface area (Å²) in [5.41, 5.74) is 4.23. The van der Waals surface area contributed by atoms with Crippen LogP contribution in [-0.2, 0) is 0 Å². The van der Waals surface area contributed by atoms with Crippen LogP contribution in [0, 0.1) is 13.8 Å². The average Bonchev–Trinajstić information content (AvgIpc) is 2.28. The Morgan fingerprint density at radius 1 is 1.24 bits per heavy atom. The van der Waals surface area contributed by atoms with Crippen molar-refractivity contribution in [2.75, 3.05) is 27.7 Å². The maximum Gasteiger partial charge on any atom is 0.0345 e. The monoisotopic (exact) mass is 234 g/mol. The molecule has 0 saturated heterocycles. The zero-order valence-electron chi connectivity index (χ0n) is 11.9. The van der Waals surface area contributed by atoms with Gasteiger partial charge in [-0.3, -0.25) is 0 Å². The molecule has 1 atom stereocenters. The molecule has 0 radical (unpaired) electrons. The predicted octanol–water partition coefficient (Wildman–Crippen LogP) is 2.91. The van der Waals surface area contributed by atoms with Gasteiger partial charge in [0.1, 0.15) is 0 Å². The summed E-state index contributed by atoms with van der Waals surface area (Å²) in [7, 11) is 6.36. The first-order chi connectivity index (χ1) is 8.06. The van der Waals surface area contributed by atoms with Gasteiger partial charge in [-0.1, -0.05) is 23.8 Å². The van der Waals surface area contributed by atoms with Crippen LogP contribution in [-0.4, -0.2) is 32.6 Å². The van der Waals surface area contributed by atoms with Crippen LogP contribution in [0.15, 0.2) is 18.2 Å². The van der Waals surface area contributed by atoms with Gasteiger partial charge < -0.3 is 10.2 Å². The lowest BCUT2D eigenvalue weighted by Gasteiger charge is -2.26. The van der Waals surface area contributed by atoms with E-state index >= 15 is 0 Å². The number of hydrogen-bond donors (Lipinski definition) is 1. The minimum absolute atomic E-state index is 0.531. The van der Waals surface area contributed by atoms with Crippen LogP contribution in [0.4, 0.5) is 0 Å². The Morgan fingerprint density at radius 2 is 1.94 bits per heavy atom. The molecule has 1 aromatic rings. The summed E-state index contributed by atoms with van der Waals surface area (Å²) in [5.74, 6) is 0. The number of benzene rings is 1. The first-order valence-corrected chi connectivity index (χ1v) is 6.44. The fourth-order valence-corrected chi connectivity index (χ4v) is 2.28. The maximum absolute atomic E-state index is 3.22. The summed E-state index contributed by atoms with van der Waals surface area (Å²) in [5, 5.41) is 3.22. The molecule has 1 aromatic carbocycles. The van der Waals surface area contributed by atoms with Crippen molar-refractivity contribution in [3.05, 3.63) is 34.9 Å². The zero-order chi connectivity index (χ0) is 12.8. The quantitative estimate of drug-likeness (QED) is 0.761. The summed E-state index contributed by atoms with van der Waals surface area (Å²) in [6.07, 6.45) is 2.42. The fourth-order valence-electron chi connectivity index (χ4n) is 2.28. The molecule has 1 rings (SSSR count). The van der Waals surface area contributed by atoms with Gasteiger partial charge in [0.2, 0.25) is 0 Å². The molecule has 0 aliphatic carbocycles. The van der Waals surface area contributed by atoms with Gasteiger partial charge in [0.15, 0.2) is 0 Å². The van der Waals surface area contributed by atoms with Crippen LogP contribution in [0.3, 0.4) is 0 Å². The number of hydrogen-bond acceptors (Lipinski definition) is 2. The Labute approximate surface area is 106 Å². The van der Waals surface area contributed by atoms with E-state index in [1.807, 2.05) is 7.05 Å². The van der Waals surface area contributed by atoms with Crippen molar-refractivity contribution in [2.45, 2.75) is 32.7 Å². The van der Waals surface area contributed by atoms with Crippen molar-refractivity contribution in [3.8, 4) is 0 Å². The predicted molar refractivity (Wildman–Crippen MR) is 75.5 cm³/mol. The third-order valence-electron chi connectivity index (χ3n) is 3.32. The Bertz CT molecular complexity index is 345. The molecule has 1 N–H and O–H groups in total. The lowest BCUT2D eigenvalue weighted by atomic mass is 9.95. The second-order valence-corrected chi connectivity index (χ2v) is 5.09. The summed E-state index contributed by atoms with van der Waals surface area (Å²) in [6.45, 7) is 5.47. The molecule has 0 aromatic heterocycles. The second kappa shape index (κ2) is 6.77. The lowest BCUT2D eigenvalue weighted by Crippen LogP contribution is -2.22. The van der Waals surface area contributed by atoms with Crippen molar-refractivity contribution in [1.29, 1.82) is 0 Å². The highest BCUT2D eigenvalue weighted by Crippen LogP contribution is 2.27.